The van der Waals surface area contributed by atoms with Crippen LogP contribution in [0, 0.1) is 0 Å². The van der Waals surface area contributed by atoms with Gasteiger partial charge in [0, 0.05) is 5.02 Å². The van der Waals surface area contributed by atoms with Gasteiger partial charge in [-0.3, -0.25) is 4.79 Å². The van der Waals surface area contributed by atoms with Crippen LogP contribution in [0.5, 0.6) is 0 Å². The highest BCUT2D eigenvalue weighted by molar-refractivity contribution is 6.42. The van der Waals surface area contributed by atoms with Gasteiger partial charge in [-0.15, -0.1) is 0 Å². The summed E-state index contributed by atoms with van der Waals surface area (Å²) in [6.07, 6.45) is 0. The molecule has 3 N–H and O–H groups in total. The molecule has 0 radical (unpaired) electrons. The average Bonchev–Trinajstić information content (AvgIpc) is 2.42. The molecule has 1 amide bonds. The first-order valence-electron chi connectivity index (χ1n) is 5.75. The number of hydrogen-bond donors (Lipinski definition) is 2. The molecular formula is C14H11Cl3N2O. The summed E-state index contributed by atoms with van der Waals surface area (Å²) >= 11 is 17.8. The second-order valence-electron chi connectivity index (χ2n) is 4.12. The minimum absolute atomic E-state index is 0.260. The molecule has 0 aromatic heterocycles. The highest BCUT2D eigenvalue weighted by Gasteiger charge is 2.18. The van der Waals surface area contributed by atoms with Crippen LogP contribution in [-0.4, -0.2) is 5.91 Å². The van der Waals surface area contributed by atoms with Gasteiger partial charge in [0.1, 0.15) is 6.04 Å². The molecule has 0 aliphatic carbocycles. The molecule has 0 heterocycles. The van der Waals surface area contributed by atoms with Gasteiger partial charge in [-0.2, -0.15) is 0 Å². The van der Waals surface area contributed by atoms with Crippen molar-refractivity contribution in [3.05, 3.63) is 63.1 Å². The van der Waals surface area contributed by atoms with E-state index >= 15 is 0 Å². The number of anilines is 1. The Labute approximate surface area is 131 Å². The molecule has 104 valence electrons. The minimum Gasteiger partial charge on any atom is -0.322 e. The van der Waals surface area contributed by atoms with Crippen LogP contribution in [0.25, 0.3) is 0 Å². The lowest BCUT2D eigenvalue weighted by Crippen LogP contribution is -2.27. The van der Waals surface area contributed by atoms with Crippen LogP contribution in [0.15, 0.2) is 42.5 Å². The summed E-state index contributed by atoms with van der Waals surface area (Å²) < 4.78 is 0. The van der Waals surface area contributed by atoms with Crippen LogP contribution in [-0.2, 0) is 4.79 Å². The molecular weight excluding hydrogens is 319 g/mol. The molecule has 2 rings (SSSR count). The summed E-state index contributed by atoms with van der Waals surface area (Å²) in [5.41, 5.74) is 6.89. The van der Waals surface area contributed by atoms with Gasteiger partial charge in [-0.05, 0) is 17.7 Å². The van der Waals surface area contributed by atoms with E-state index in [0.717, 1.165) is 0 Å². The molecule has 0 fully saturated rings. The third-order valence-corrected chi connectivity index (χ3v) is 3.51. The summed E-state index contributed by atoms with van der Waals surface area (Å²) in [6.45, 7) is 0. The molecule has 6 heteroatoms. The van der Waals surface area contributed by atoms with Crippen molar-refractivity contribution in [3.8, 4) is 0 Å². The Hall–Kier alpha value is -1.26. The van der Waals surface area contributed by atoms with Crippen LogP contribution < -0.4 is 11.1 Å². The number of carbonyl (C=O) groups excluding carboxylic acids is 1. The fourth-order valence-electron chi connectivity index (χ4n) is 1.67. The van der Waals surface area contributed by atoms with Crippen LogP contribution in [0.4, 0.5) is 5.69 Å². The van der Waals surface area contributed by atoms with Crippen molar-refractivity contribution < 1.29 is 4.79 Å². The third kappa shape index (κ3) is 3.44. The van der Waals surface area contributed by atoms with Crippen LogP contribution in [0.1, 0.15) is 11.6 Å². The van der Waals surface area contributed by atoms with Crippen molar-refractivity contribution in [2.24, 2.45) is 5.73 Å². The number of nitrogens with two attached hydrogens (primary N) is 1. The lowest BCUT2D eigenvalue weighted by Gasteiger charge is -2.14. The molecule has 1 unspecified atom stereocenters. The van der Waals surface area contributed by atoms with Gasteiger partial charge in [0.2, 0.25) is 5.91 Å². The highest BCUT2D eigenvalue weighted by atomic mass is 35.5. The van der Waals surface area contributed by atoms with E-state index in [1.165, 1.54) is 12.1 Å². The van der Waals surface area contributed by atoms with E-state index in [-0.39, 0.29) is 10.0 Å². The maximum Gasteiger partial charge on any atom is 0.245 e. The fraction of sp³-hybridized carbons (Fsp3) is 0.0714. The third-order valence-electron chi connectivity index (χ3n) is 2.70. The first-order valence-corrected chi connectivity index (χ1v) is 6.88. The van der Waals surface area contributed by atoms with Crippen molar-refractivity contribution in [2.45, 2.75) is 6.04 Å². The largest absolute Gasteiger partial charge is 0.322 e. The maximum atomic E-state index is 12.1. The van der Waals surface area contributed by atoms with Crippen LogP contribution >= 0.6 is 34.8 Å². The molecule has 20 heavy (non-hydrogen) atoms. The molecule has 0 bridgehead atoms. The summed E-state index contributed by atoms with van der Waals surface area (Å²) in [5, 5.41) is 3.53. The van der Waals surface area contributed by atoms with Crippen LogP contribution in [0.2, 0.25) is 15.1 Å². The van der Waals surface area contributed by atoms with E-state index < -0.39 is 11.9 Å². The minimum atomic E-state index is -0.806. The summed E-state index contributed by atoms with van der Waals surface area (Å²) in [4.78, 5) is 12.1. The Morgan fingerprint density at radius 1 is 1.05 bits per heavy atom. The second-order valence-corrected chi connectivity index (χ2v) is 5.37. The summed E-state index contributed by atoms with van der Waals surface area (Å²) in [7, 11) is 0. The lowest BCUT2D eigenvalue weighted by atomic mass is 10.1. The van der Waals surface area contributed by atoms with Crippen LogP contribution in [0.3, 0.4) is 0 Å². The molecule has 1 atom stereocenters. The van der Waals surface area contributed by atoms with Crippen molar-refractivity contribution in [1.29, 1.82) is 0 Å². The number of nitrogens with one attached hydrogen (secondary N) is 1. The van der Waals surface area contributed by atoms with Crippen molar-refractivity contribution >= 4 is 46.4 Å². The standard InChI is InChI=1S/C14H11Cl3N2O/c15-9-6-10(16)13(11(17)7-9)19-14(20)12(18)8-4-2-1-3-5-8/h1-7,12H,18H2,(H,19,20). The first kappa shape index (κ1) is 15.1. The fourth-order valence-corrected chi connectivity index (χ4v) is 2.59. The van der Waals surface area contributed by atoms with E-state index in [0.29, 0.717) is 16.3 Å². The molecule has 0 aliphatic rings. The number of rotatable bonds is 3. The second kappa shape index (κ2) is 6.46. The quantitative estimate of drug-likeness (QED) is 0.883. The molecule has 3 nitrogen and oxygen atoms in total. The zero-order valence-corrected chi connectivity index (χ0v) is 12.5. The zero-order valence-electron chi connectivity index (χ0n) is 10.2. The van der Waals surface area contributed by atoms with E-state index in [1.54, 1.807) is 12.1 Å². The predicted molar refractivity (Wildman–Crippen MR) is 83.5 cm³/mol. The van der Waals surface area contributed by atoms with Gasteiger partial charge < -0.3 is 11.1 Å². The van der Waals surface area contributed by atoms with E-state index in [1.807, 2.05) is 18.2 Å². The summed E-state index contributed by atoms with van der Waals surface area (Å²) in [6, 6.07) is 11.2. The Morgan fingerprint density at radius 3 is 2.15 bits per heavy atom. The number of halogens is 3. The normalized spacial score (nSPS) is 12.0. The monoisotopic (exact) mass is 328 g/mol. The molecule has 2 aromatic carbocycles. The van der Waals surface area contributed by atoms with Crippen molar-refractivity contribution in [2.75, 3.05) is 5.32 Å². The van der Waals surface area contributed by atoms with E-state index in [9.17, 15) is 4.79 Å². The zero-order chi connectivity index (χ0) is 14.7. The average molecular weight is 330 g/mol. The molecule has 0 aliphatic heterocycles. The topological polar surface area (TPSA) is 55.1 Å². The Bertz CT molecular complexity index is 609. The van der Waals surface area contributed by atoms with Gasteiger partial charge >= 0.3 is 0 Å². The molecule has 2 aromatic rings. The Kier molecular flexibility index (Phi) is 4.89. The Morgan fingerprint density at radius 2 is 1.60 bits per heavy atom. The van der Waals surface area contributed by atoms with Gasteiger partial charge in [-0.1, -0.05) is 65.1 Å². The lowest BCUT2D eigenvalue weighted by molar-refractivity contribution is -0.117. The number of hydrogen-bond acceptors (Lipinski definition) is 2. The number of carbonyl (C=O) groups is 1. The number of benzene rings is 2. The van der Waals surface area contributed by atoms with Gasteiger partial charge in [0.25, 0.3) is 0 Å². The van der Waals surface area contributed by atoms with Gasteiger partial charge in [-0.25, -0.2) is 0 Å². The van der Waals surface area contributed by atoms with Crippen molar-refractivity contribution in [3.63, 3.8) is 0 Å². The van der Waals surface area contributed by atoms with Crippen molar-refractivity contribution in [1.82, 2.24) is 0 Å². The van der Waals surface area contributed by atoms with Gasteiger partial charge in [0.15, 0.2) is 0 Å². The molecule has 0 saturated carbocycles. The predicted octanol–water partition coefficient (Wildman–Crippen LogP) is 4.29. The van der Waals surface area contributed by atoms with E-state index in [2.05, 4.69) is 5.32 Å². The maximum absolute atomic E-state index is 12.1. The SMILES string of the molecule is NC(C(=O)Nc1c(Cl)cc(Cl)cc1Cl)c1ccccc1. The highest BCUT2D eigenvalue weighted by Crippen LogP contribution is 2.34. The Balaban J connectivity index is 2.20. The smallest absolute Gasteiger partial charge is 0.245 e. The van der Waals surface area contributed by atoms with Gasteiger partial charge in [0.05, 0.1) is 15.7 Å². The number of amides is 1. The van der Waals surface area contributed by atoms with E-state index in [4.69, 9.17) is 40.5 Å². The first-order chi connectivity index (χ1) is 9.49. The molecule has 0 spiro atoms. The molecule has 0 saturated heterocycles. The summed E-state index contributed by atoms with van der Waals surface area (Å²) in [5.74, 6) is -0.401.